The number of amides is 4. The molecule has 4 amide bonds. The Hall–Kier alpha value is -3.07. The maximum absolute atomic E-state index is 13.1. The second kappa shape index (κ2) is 7.64. The molecule has 2 aromatic carbocycles. The summed E-state index contributed by atoms with van der Waals surface area (Å²) >= 11 is 3.37. The molecule has 2 aliphatic rings. The fraction of sp³-hybridized carbons (Fsp3) is 0.286. The van der Waals surface area contributed by atoms with Gasteiger partial charge in [-0.3, -0.25) is 14.5 Å². The molecular weight excluding hydrogens is 454 g/mol. The molecule has 1 saturated heterocycles. The molecule has 0 spiro atoms. The van der Waals surface area contributed by atoms with Gasteiger partial charge in [-0.05, 0) is 55.3 Å². The standard InChI is InChI=1S/C21H20BrN3O5/c1-12-9-14(22)4-5-15(12)23-18(26)11-25-19(27)21(2,24-20(25)28)13-3-6-16-17(10-13)30-8-7-29-16/h3-6,9-10H,7-8,11H2,1-2H3,(H,23,26)(H,24,28)/t21-/m1/s1. The molecule has 8 nitrogen and oxygen atoms in total. The number of anilines is 1. The third-order valence-electron chi connectivity index (χ3n) is 5.16. The number of nitrogens with zero attached hydrogens (tertiary/aromatic N) is 1. The van der Waals surface area contributed by atoms with Gasteiger partial charge in [0, 0.05) is 10.2 Å². The highest BCUT2D eigenvalue weighted by Gasteiger charge is 2.49. The van der Waals surface area contributed by atoms with Crippen LogP contribution in [0.3, 0.4) is 0 Å². The van der Waals surface area contributed by atoms with Gasteiger partial charge in [0.05, 0.1) is 0 Å². The summed E-state index contributed by atoms with van der Waals surface area (Å²) in [6.07, 6.45) is 0. The molecule has 1 atom stereocenters. The predicted octanol–water partition coefficient (Wildman–Crippen LogP) is 2.93. The molecule has 156 valence electrons. The number of benzene rings is 2. The number of hydrogen-bond donors (Lipinski definition) is 2. The lowest BCUT2D eigenvalue weighted by Crippen LogP contribution is -2.42. The van der Waals surface area contributed by atoms with Crippen molar-refractivity contribution < 1.29 is 23.9 Å². The van der Waals surface area contributed by atoms with Gasteiger partial charge >= 0.3 is 6.03 Å². The Labute approximate surface area is 181 Å². The van der Waals surface area contributed by atoms with E-state index >= 15 is 0 Å². The normalized spacial score (nSPS) is 20.2. The molecule has 0 unspecified atom stereocenters. The molecule has 2 N–H and O–H groups in total. The van der Waals surface area contributed by atoms with Crippen molar-refractivity contribution in [1.82, 2.24) is 10.2 Å². The minimum absolute atomic E-state index is 0.389. The first-order chi connectivity index (χ1) is 14.3. The zero-order valence-electron chi connectivity index (χ0n) is 16.5. The van der Waals surface area contributed by atoms with E-state index in [4.69, 9.17) is 9.47 Å². The van der Waals surface area contributed by atoms with Gasteiger partial charge in [0.15, 0.2) is 11.5 Å². The number of urea groups is 1. The molecule has 0 radical (unpaired) electrons. The van der Waals surface area contributed by atoms with Gasteiger partial charge in [-0.15, -0.1) is 0 Å². The van der Waals surface area contributed by atoms with Gasteiger partial charge in [0.1, 0.15) is 25.3 Å². The van der Waals surface area contributed by atoms with Crippen molar-refractivity contribution in [2.45, 2.75) is 19.4 Å². The smallest absolute Gasteiger partial charge is 0.325 e. The molecule has 0 aromatic heterocycles. The molecule has 1 fully saturated rings. The molecular formula is C21H20BrN3O5. The van der Waals surface area contributed by atoms with Gasteiger partial charge < -0.3 is 20.1 Å². The number of hydrogen-bond acceptors (Lipinski definition) is 5. The first-order valence-corrected chi connectivity index (χ1v) is 10.2. The van der Waals surface area contributed by atoms with Gasteiger partial charge in [0.25, 0.3) is 5.91 Å². The number of halogens is 1. The van der Waals surface area contributed by atoms with E-state index in [0.717, 1.165) is 14.9 Å². The van der Waals surface area contributed by atoms with Crippen molar-refractivity contribution in [3.63, 3.8) is 0 Å². The zero-order valence-corrected chi connectivity index (χ0v) is 18.0. The lowest BCUT2D eigenvalue weighted by atomic mass is 9.91. The number of fused-ring (bicyclic) bond motifs is 1. The topological polar surface area (TPSA) is 97.0 Å². The van der Waals surface area contributed by atoms with Crippen LogP contribution in [0, 0.1) is 6.92 Å². The van der Waals surface area contributed by atoms with Crippen LogP contribution in [0.15, 0.2) is 40.9 Å². The molecule has 2 aliphatic heterocycles. The fourth-order valence-corrected chi connectivity index (χ4v) is 3.97. The number of ether oxygens (including phenoxy) is 2. The highest BCUT2D eigenvalue weighted by atomic mass is 79.9. The number of imide groups is 1. The van der Waals surface area contributed by atoms with Crippen LogP contribution in [-0.2, 0) is 15.1 Å². The van der Waals surface area contributed by atoms with Crippen LogP contribution in [-0.4, -0.2) is 42.5 Å². The Balaban J connectivity index is 1.51. The first kappa shape index (κ1) is 20.2. The summed E-state index contributed by atoms with van der Waals surface area (Å²) in [7, 11) is 0. The molecule has 0 bridgehead atoms. The lowest BCUT2D eigenvalue weighted by molar-refractivity contribution is -0.133. The third kappa shape index (κ3) is 3.60. The predicted molar refractivity (Wildman–Crippen MR) is 113 cm³/mol. The van der Waals surface area contributed by atoms with Crippen molar-refractivity contribution in [3.05, 3.63) is 52.0 Å². The lowest BCUT2D eigenvalue weighted by Gasteiger charge is -2.25. The average Bonchev–Trinajstić information content (AvgIpc) is 2.94. The zero-order chi connectivity index (χ0) is 21.5. The minimum Gasteiger partial charge on any atom is -0.486 e. The summed E-state index contributed by atoms with van der Waals surface area (Å²) in [5.74, 6) is 0.137. The van der Waals surface area contributed by atoms with E-state index in [-0.39, 0.29) is 6.54 Å². The third-order valence-corrected chi connectivity index (χ3v) is 5.65. The van der Waals surface area contributed by atoms with E-state index in [9.17, 15) is 14.4 Å². The monoisotopic (exact) mass is 473 g/mol. The molecule has 2 aromatic rings. The van der Waals surface area contributed by atoms with Crippen LogP contribution in [0.2, 0.25) is 0 Å². The summed E-state index contributed by atoms with van der Waals surface area (Å²) in [6.45, 7) is 3.94. The van der Waals surface area contributed by atoms with Crippen LogP contribution < -0.4 is 20.1 Å². The highest BCUT2D eigenvalue weighted by Crippen LogP contribution is 2.36. The Bertz CT molecular complexity index is 1060. The van der Waals surface area contributed by atoms with Crippen molar-refractivity contribution in [3.8, 4) is 11.5 Å². The molecule has 9 heteroatoms. The van der Waals surface area contributed by atoms with Crippen molar-refractivity contribution in [1.29, 1.82) is 0 Å². The highest BCUT2D eigenvalue weighted by molar-refractivity contribution is 9.10. The second-order valence-corrected chi connectivity index (χ2v) is 8.23. The quantitative estimate of drug-likeness (QED) is 0.665. The number of aryl methyl sites for hydroxylation is 1. The van der Waals surface area contributed by atoms with Crippen LogP contribution in [0.1, 0.15) is 18.1 Å². The van der Waals surface area contributed by atoms with E-state index in [0.29, 0.717) is 36.0 Å². The van der Waals surface area contributed by atoms with Gasteiger partial charge in [0.2, 0.25) is 5.91 Å². The average molecular weight is 474 g/mol. The Morgan fingerprint density at radius 3 is 2.63 bits per heavy atom. The Kier molecular flexibility index (Phi) is 5.15. The van der Waals surface area contributed by atoms with Gasteiger partial charge in [-0.1, -0.05) is 22.0 Å². The van der Waals surface area contributed by atoms with Crippen LogP contribution in [0.4, 0.5) is 10.5 Å². The molecule has 2 heterocycles. The number of rotatable bonds is 4. The van der Waals surface area contributed by atoms with E-state index in [1.54, 1.807) is 37.3 Å². The summed E-state index contributed by atoms with van der Waals surface area (Å²) in [5, 5.41) is 5.44. The summed E-state index contributed by atoms with van der Waals surface area (Å²) in [6, 6.07) is 9.89. The van der Waals surface area contributed by atoms with Crippen molar-refractivity contribution >= 4 is 39.5 Å². The largest absolute Gasteiger partial charge is 0.486 e. The van der Waals surface area contributed by atoms with Crippen LogP contribution in [0.25, 0.3) is 0 Å². The second-order valence-electron chi connectivity index (χ2n) is 7.31. The summed E-state index contributed by atoms with van der Waals surface area (Å²) in [4.78, 5) is 39.0. The van der Waals surface area contributed by atoms with Crippen molar-refractivity contribution in [2.24, 2.45) is 0 Å². The fourth-order valence-electron chi connectivity index (χ4n) is 3.49. The van der Waals surface area contributed by atoms with Crippen LogP contribution >= 0.6 is 15.9 Å². The van der Waals surface area contributed by atoms with E-state index in [1.807, 2.05) is 13.0 Å². The Morgan fingerprint density at radius 2 is 1.90 bits per heavy atom. The number of carbonyl (C=O) groups is 3. The molecule has 0 aliphatic carbocycles. The number of nitrogens with one attached hydrogen (secondary N) is 2. The molecule has 30 heavy (non-hydrogen) atoms. The maximum Gasteiger partial charge on any atom is 0.325 e. The van der Waals surface area contributed by atoms with Crippen molar-refractivity contribution in [2.75, 3.05) is 25.1 Å². The minimum atomic E-state index is -1.30. The van der Waals surface area contributed by atoms with Crippen LogP contribution in [0.5, 0.6) is 11.5 Å². The van der Waals surface area contributed by atoms with E-state index in [1.165, 1.54) is 0 Å². The maximum atomic E-state index is 13.1. The number of carbonyl (C=O) groups excluding carboxylic acids is 3. The van der Waals surface area contributed by atoms with E-state index < -0.39 is 23.4 Å². The first-order valence-electron chi connectivity index (χ1n) is 9.38. The summed E-state index contributed by atoms with van der Waals surface area (Å²) in [5.41, 5.74) is 0.721. The summed E-state index contributed by atoms with van der Waals surface area (Å²) < 4.78 is 12.0. The molecule has 0 saturated carbocycles. The Morgan fingerprint density at radius 1 is 1.17 bits per heavy atom. The molecule has 4 rings (SSSR count). The SMILES string of the molecule is Cc1cc(Br)ccc1NC(=O)CN1C(=O)N[C@](C)(c2ccc3c(c2)OCCO3)C1=O. The van der Waals surface area contributed by atoms with Gasteiger partial charge in [-0.25, -0.2) is 4.79 Å². The van der Waals surface area contributed by atoms with Gasteiger partial charge in [-0.2, -0.15) is 0 Å². The van der Waals surface area contributed by atoms with E-state index in [2.05, 4.69) is 26.6 Å².